The van der Waals surface area contributed by atoms with Gasteiger partial charge in [0.25, 0.3) is 0 Å². The second-order valence-electron chi connectivity index (χ2n) is 3.01. The van der Waals surface area contributed by atoms with Crippen molar-refractivity contribution in [2.24, 2.45) is 5.14 Å². The summed E-state index contributed by atoms with van der Waals surface area (Å²) in [6, 6.07) is 2.64. The molecule has 0 aliphatic heterocycles. The number of benzene rings is 1. The average molecular weight is 267 g/mol. The van der Waals surface area contributed by atoms with E-state index in [1.807, 2.05) is 0 Å². The molecule has 0 radical (unpaired) electrons. The van der Waals surface area contributed by atoms with E-state index in [1.54, 1.807) is 0 Å². The molecule has 0 heterocycles. The standard InChI is InChI=1S/C8H11ClN2O4S/c1-15-8(12)6-5(10)3-2-4(9)7(6)16(11,13)14/h2-3,8,12H,10H2,1H3,(H2,11,13,14). The van der Waals surface area contributed by atoms with Crippen molar-refractivity contribution in [3.63, 3.8) is 0 Å². The highest BCUT2D eigenvalue weighted by Crippen LogP contribution is 2.33. The molecule has 0 fully saturated rings. The maximum Gasteiger partial charge on any atom is 0.240 e. The van der Waals surface area contributed by atoms with Gasteiger partial charge in [0.2, 0.25) is 10.0 Å². The number of hydrogen-bond acceptors (Lipinski definition) is 5. The molecule has 90 valence electrons. The molecule has 0 aromatic heterocycles. The van der Waals surface area contributed by atoms with Gasteiger partial charge in [-0.3, -0.25) is 0 Å². The van der Waals surface area contributed by atoms with Crippen molar-refractivity contribution < 1.29 is 18.3 Å². The van der Waals surface area contributed by atoms with E-state index >= 15 is 0 Å². The predicted octanol–water partition coefficient (Wildman–Crippen LogP) is 0.207. The van der Waals surface area contributed by atoms with Crippen molar-refractivity contribution in [2.75, 3.05) is 12.8 Å². The molecule has 0 spiro atoms. The molecule has 1 rings (SSSR count). The van der Waals surface area contributed by atoms with Crippen molar-refractivity contribution in [3.8, 4) is 0 Å². The third kappa shape index (κ3) is 2.45. The summed E-state index contributed by atoms with van der Waals surface area (Å²) < 4.78 is 27.2. The fourth-order valence-electron chi connectivity index (χ4n) is 1.25. The third-order valence-electron chi connectivity index (χ3n) is 1.94. The number of anilines is 1. The first-order valence-electron chi connectivity index (χ1n) is 4.10. The molecule has 1 unspecified atom stereocenters. The Kier molecular flexibility index (Phi) is 3.76. The lowest BCUT2D eigenvalue weighted by molar-refractivity contribution is -0.0782. The number of nitrogen functional groups attached to an aromatic ring is 1. The minimum absolute atomic E-state index is 0.0303. The van der Waals surface area contributed by atoms with Crippen molar-refractivity contribution in [1.29, 1.82) is 0 Å². The number of ether oxygens (including phenoxy) is 1. The van der Waals surface area contributed by atoms with Gasteiger partial charge in [0.05, 0.1) is 10.6 Å². The maximum absolute atomic E-state index is 11.3. The topological polar surface area (TPSA) is 116 Å². The number of primary sulfonamides is 1. The first kappa shape index (κ1) is 13.2. The van der Waals surface area contributed by atoms with Gasteiger partial charge in [0, 0.05) is 12.8 Å². The second kappa shape index (κ2) is 4.56. The monoisotopic (exact) mass is 266 g/mol. The number of rotatable bonds is 3. The summed E-state index contributed by atoms with van der Waals surface area (Å²) >= 11 is 5.71. The summed E-state index contributed by atoms with van der Waals surface area (Å²) in [5, 5.41) is 14.4. The Morgan fingerprint density at radius 3 is 2.50 bits per heavy atom. The fourth-order valence-corrected chi connectivity index (χ4v) is 2.60. The minimum atomic E-state index is -4.09. The smallest absolute Gasteiger partial charge is 0.240 e. The van der Waals surface area contributed by atoms with E-state index < -0.39 is 21.2 Å². The number of sulfonamides is 1. The molecule has 1 aromatic carbocycles. The molecule has 16 heavy (non-hydrogen) atoms. The van der Waals surface area contributed by atoms with Crippen molar-refractivity contribution >= 4 is 27.3 Å². The second-order valence-corrected chi connectivity index (χ2v) is 4.92. The van der Waals surface area contributed by atoms with Crippen molar-refractivity contribution in [1.82, 2.24) is 0 Å². The largest absolute Gasteiger partial charge is 0.398 e. The van der Waals surface area contributed by atoms with E-state index in [2.05, 4.69) is 4.74 Å². The molecule has 0 bridgehead atoms. The predicted molar refractivity (Wildman–Crippen MR) is 59.2 cm³/mol. The lowest BCUT2D eigenvalue weighted by atomic mass is 10.1. The van der Waals surface area contributed by atoms with Crippen LogP contribution in [0.2, 0.25) is 5.02 Å². The lowest BCUT2D eigenvalue weighted by Crippen LogP contribution is -2.18. The molecule has 6 nitrogen and oxygen atoms in total. The number of halogens is 1. The normalized spacial score (nSPS) is 13.8. The van der Waals surface area contributed by atoms with Crippen LogP contribution in [0.4, 0.5) is 5.69 Å². The Labute approximate surface area is 97.8 Å². The van der Waals surface area contributed by atoms with E-state index in [9.17, 15) is 13.5 Å². The Hall–Kier alpha value is -0.860. The summed E-state index contributed by atoms with van der Waals surface area (Å²) in [5.74, 6) is 0. The first-order chi connectivity index (χ1) is 7.29. The molecule has 0 amide bonds. The van der Waals surface area contributed by atoms with Crippen LogP contribution >= 0.6 is 11.6 Å². The zero-order valence-corrected chi connectivity index (χ0v) is 9.92. The van der Waals surface area contributed by atoms with Gasteiger partial charge in [0.15, 0.2) is 6.29 Å². The highest BCUT2D eigenvalue weighted by Gasteiger charge is 2.25. The van der Waals surface area contributed by atoms with Gasteiger partial charge in [-0.15, -0.1) is 0 Å². The Balaban J connectivity index is 3.63. The fraction of sp³-hybridized carbons (Fsp3) is 0.250. The molecular formula is C8H11ClN2O4S. The molecule has 8 heteroatoms. The van der Waals surface area contributed by atoms with Crippen LogP contribution in [0.1, 0.15) is 11.9 Å². The number of methoxy groups -OCH3 is 1. The van der Waals surface area contributed by atoms with E-state index in [0.717, 1.165) is 0 Å². The van der Waals surface area contributed by atoms with Gasteiger partial charge in [0.1, 0.15) is 4.90 Å². The van der Waals surface area contributed by atoms with Gasteiger partial charge < -0.3 is 15.6 Å². The van der Waals surface area contributed by atoms with E-state index in [-0.39, 0.29) is 16.3 Å². The number of aliphatic hydroxyl groups is 1. The summed E-state index contributed by atoms with van der Waals surface area (Å²) in [6.45, 7) is 0. The van der Waals surface area contributed by atoms with Gasteiger partial charge in [-0.2, -0.15) is 0 Å². The summed E-state index contributed by atoms with van der Waals surface area (Å²) in [7, 11) is -2.90. The molecule has 0 saturated heterocycles. The highest BCUT2D eigenvalue weighted by molar-refractivity contribution is 7.89. The van der Waals surface area contributed by atoms with Crippen LogP contribution in [0, 0.1) is 0 Å². The van der Waals surface area contributed by atoms with Gasteiger partial charge >= 0.3 is 0 Å². The van der Waals surface area contributed by atoms with E-state index in [4.69, 9.17) is 22.5 Å². The summed E-state index contributed by atoms with van der Waals surface area (Å²) in [6.07, 6.45) is -1.51. The Morgan fingerprint density at radius 2 is 2.06 bits per heavy atom. The lowest BCUT2D eigenvalue weighted by Gasteiger charge is -2.16. The molecule has 1 atom stereocenters. The van der Waals surface area contributed by atoms with Crippen molar-refractivity contribution in [3.05, 3.63) is 22.7 Å². The zero-order chi connectivity index (χ0) is 12.5. The average Bonchev–Trinajstić information content (AvgIpc) is 2.18. The van der Waals surface area contributed by atoms with Crippen LogP contribution in [-0.2, 0) is 14.8 Å². The van der Waals surface area contributed by atoms with Crippen LogP contribution in [0.15, 0.2) is 17.0 Å². The maximum atomic E-state index is 11.3. The number of aliphatic hydroxyl groups excluding tert-OH is 1. The van der Waals surface area contributed by atoms with E-state index in [0.29, 0.717) is 0 Å². The van der Waals surface area contributed by atoms with E-state index in [1.165, 1.54) is 19.2 Å². The Morgan fingerprint density at radius 1 is 1.50 bits per heavy atom. The molecular weight excluding hydrogens is 256 g/mol. The first-order valence-corrected chi connectivity index (χ1v) is 6.03. The van der Waals surface area contributed by atoms with Gasteiger partial charge in [-0.25, -0.2) is 13.6 Å². The Bertz CT molecular complexity index is 503. The van der Waals surface area contributed by atoms with Crippen LogP contribution in [0.25, 0.3) is 0 Å². The van der Waals surface area contributed by atoms with Gasteiger partial charge in [-0.1, -0.05) is 11.6 Å². The molecule has 0 saturated carbocycles. The SMILES string of the molecule is COC(O)c1c(N)ccc(Cl)c1S(N)(=O)=O. The summed E-state index contributed by atoms with van der Waals surface area (Å²) in [4.78, 5) is -0.427. The summed E-state index contributed by atoms with van der Waals surface area (Å²) in [5.41, 5.74) is 5.42. The van der Waals surface area contributed by atoms with Crippen molar-refractivity contribution in [2.45, 2.75) is 11.2 Å². The quantitative estimate of drug-likeness (QED) is 0.534. The highest BCUT2D eigenvalue weighted by atomic mass is 35.5. The third-order valence-corrected chi connectivity index (χ3v) is 3.37. The molecule has 1 aromatic rings. The number of nitrogens with two attached hydrogens (primary N) is 2. The molecule has 0 aliphatic carbocycles. The zero-order valence-electron chi connectivity index (χ0n) is 8.34. The molecule has 0 aliphatic rings. The van der Waals surface area contributed by atoms with Gasteiger partial charge in [-0.05, 0) is 12.1 Å². The van der Waals surface area contributed by atoms with Crippen LogP contribution in [-0.4, -0.2) is 20.6 Å². The van der Waals surface area contributed by atoms with Crippen LogP contribution in [0.5, 0.6) is 0 Å². The van der Waals surface area contributed by atoms with Crippen LogP contribution < -0.4 is 10.9 Å². The van der Waals surface area contributed by atoms with Crippen LogP contribution in [0.3, 0.4) is 0 Å². The number of hydrogen-bond donors (Lipinski definition) is 3. The molecule has 5 N–H and O–H groups in total. The minimum Gasteiger partial charge on any atom is -0.398 e.